The first kappa shape index (κ1) is 11.9. The van der Waals surface area contributed by atoms with E-state index < -0.39 is 0 Å². The Balaban J connectivity index is 1.60. The molecule has 6 heteroatoms. The van der Waals surface area contributed by atoms with Gasteiger partial charge >= 0.3 is 0 Å². The highest BCUT2D eigenvalue weighted by molar-refractivity contribution is 9.10. The molecule has 1 fully saturated rings. The summed E-state index contributed by atoms with van der Waals surface area (Å²) < 4.78 is 2.78. The van der Waals surface area contributed by atoms with Crippen LogP contribution in [0.2, 0.25) is 0 Å². The molecular formula is C12H16BrN5. The highest BCUT2D eigenvalue weighted by Gasteiger charge is 2.13. The summed E-state index contributed by atoms with van der Waals surface area (Å²) in [7, 11) is 0. The van der Waals surface area contributed by atoms with Crippen molar-refractivity contribution in [1.29, 1.82) is 0 Å². The summed E-state index contributed by atoms with van der Waals surface area (Å²) >= 11 is 3.42. The van der Waals surface area contributed by atoms with Crippen molar-refractivity contribution >= 4 is 27.5 Å². The summed E-state index contributed by atoms with van der Waals surface area (Å²) in [5.41, 5.74) is 0.861. The third kappa shape index (κ3) is 2.64. The number of anilines is 1. The Morgan fingerprint density at radius 2 is 2.44 bits per heavy atom. The molecule has 2 N–H and O–H groups in total. The summed E-state index contributed by atoms with van der Waals surface area (Å²) in [4.78, 5) is 4.42. The maximum absolute atomic E-state index is 4.42. The standard InChI is InChI=1S/C12H16BrN5/c13-9-3-4-11-16-12(17-18(11)8-9)15-7-5-10-2-1-6-14-10/h3-4,8,10,14H,1-2,5-7H2,(H,15,17)/t10-/m1/s1. The van der Waals surface area contributed by atoms with Crippen molar-refractivity contribution in [3.8, 4) is 0 Å². The quantitative estimate of drug-likeness (QED) is 0.907. The fourth-order valence-electron chi connectivity index (χ4n) is 2.29. The molecule has 0 spiro atoms. The smallest absolute Gasteiger partial charge is 0.243 e. The Kier molecular flexibility index (Phi) is 3.47. The lowest BCUT2D eigenvalue weighted by Crippen LogP contribution is -2.24. The van der Waals surface area contributed by atoms with E-state index in [2.05, 4.69) is 36.6 Å². The minimum Gasteiger partial charge on any atom is -0.353 e. The normalized spacial score (nSPS) is 19.5. The van der Waals surface area contributed by atoms with Gasteiger partial charge in [-0.3, -0.25) is 0 Å². The van der Waals surface area contributed by atoms with Gasteiger partial charge in [-0.25, -0.2) is 4.52 Å². The van der Waals surface area contributed by atoms with Gasteiger partial charge in [0.25, 0.3) is 0 Å². The van der Waals surface area contributed by atoms with Crippen molar-refractivity contribution in [3.05, 3.63) is 22.8 Å². The van der Waals surface area contributed by atoms with Gasteiger partial charge in [-0.2, -0.15) is 4.98 Å². The number of rotatable bonds is 4. The second-order valence-electron chi connectivity index (χ2n) is 4.59. The maximum atomic E-state index is 4.42. The van der Waals surface area contributed by atoms with E-state index in [1.807, 2.05) is 18.3 Å². The molecule has 0 radical (unpaired) electrons. The number of hydrogen-bond acceptors (Lipinski definition) is 4. The molecule has 1 atom stereocenters. The molecule has 96 valence electrons. The molecule has 3 rings (SSSR count). The second-order valence-corrected chi connectivity index (χ2v) is 5.51. The van der Waals surface area contributed by atoms with Gasteiger partial charge in [-0.1, -0.05) is 0 Å². The number of nitrogens with one attached hydrogen (secondary N) is 2. The number of pyridine rings is 1. The lowest BCUT2D eigenvalue weighted by atomic mass is 10.2. The fraction of sp³-hybridized carbons (Fsp3) is 0.500. The van der Waals surface area contributed by atoms with E-state index in [0.29, 0.717) is 12.0 Å². The highest BCUT2D eigenvalue weighted by atomic mass is 79.9. The zero-order valence-corrected chi connectivity index (χ0v) is 11.7. The number of aromatic nitrogens is 3. The SMILES string of the molecule is Brc1ccc2nc(NCC[C@H]3CCCN3)nn2c1. The second kappa shape index (κ2) is 5.24. The van der Waals surface area contributed by atoms with Crippen LogP contribution in [0.5, 0.6) is 0 Å². The van der Waals surface area contributed by atoms with Crippen LogP contribution in [0.4, 0.5) is 5.95 Å². The van der Waals surface area contributed by atoms with Gasteiger partial charge in [-0.05, 0) is 53.9 Å². The summed E-state index contributed by atoms with van der Waals surface area (Å²) in [5, 5.41) is 11.1. The van der Waals surface area contributed by atoms with Gasteiger partial charge in [0.1, 0.15) is 0 Å². The summed E-state index contributed by atoms with van der Waals surface area (Å²) in [6, 6.07) is 4.57. The van der Waals surface area contributed by atoms with Gasteiger partial charge < -0.3 is 10.6 Å². The largest absolute Gasteiger partial charge is 0.353 e. The van der Waals surface area contributed by atoms with Crippen molar-refractivity contribution in [2.45, 2.75) is 25.3 Å². The molecule has 18 heavy (non-hydrogen) atoms. The number of halogens is 1. The lowest BCUT2D eigenvalue weighted by molar-refractivity contribution is 0.573. The molecule has 2 aromatic rings. The molecule has 0 unspecified atom stereocenters. The Morgan fingerprint density at radius 1 is 1.50 bits per heavy atom. The molecule has 1 saturated heterocycles. The van der Waals surface area contributed by atoms with E-state index in [9.17, 15) is 0 Å². The molecule has 0 bridgehead atoms. The number of fused-ring (bicyclic) bond motifs is 1. The van der Waals surface area contributed by atoms with Crippen LogP contribution in [0.3, 0.4) is 0 Å². The van der Waals surface area contributed by atoms with E-state index in [4.69, 9.17) is 0 Å². The molecule has 2 aromatic heterocycles. The van der Waals surface area contributed by atoms with Gasteiger partial charge in [0.2, 0.25) is 5.95 Å². The van der Waals surface area contributed by atoms with Crippen LogP contribution in [-0.4, -0.2) is 33.7 Å². The van der Waals surface area contributed by atoms with Crippen molar-refractivity contribution < 1.29 is 0 Å². The molecule has 0 amide bonds. The van der Waals surface area contributed by atoms with Gasteiger partial charge in [0, 0.05) is 23.3 Å². The minimum atomic E-state index is 0.656. The summed E-state index contributed by atoms with van der Waals surface area (Å²) in [6.07, 6.45) is 5.61. The predicted octanol–water partition coefficient (Wildman–Crippen LogP) is 2.05. The molecular weight excluding hydrogens is 294 g/mol. The summed E-state index contributed by atoms with van der Waals surface area (Å²) in [5.74, 6) is 0.700. The van der Waals surface area contributed by atoms with Crippen LogP contribution in [0.25, 0.3) is 5.65 Å². The first-order chi connectivity index (χ1) is 8.81. The number of nitrogens with zero attached hydrogens (tertiary/aromatic N) is 3. The molecule has 1 aliphatic heterocycles. The van der Waals surface area contributed by atoms with E-state index in [1.165, 1.54) is 12.8 Å². The van der Waals surface area contributed by atoms with Crippen LogP contribution in [-0.2, 0) is 0 Å². The molecule has 0 aliphatic carbocycles. The monoisotopic (exact) mass is 309 g/mol. The van der Waals surface area contributed by atoms with Crippen LogP contribution in [0, 0.1) is 0 Å². The van der Waals surface area contributed by atoms with Crippen molar-refractivity contribution in [3.63, 3.8) is 0 Å². The number of hydrogen-bond donors (Lipinski definition) is 2. The highest BCUT2D eigenvalue weighted by Crippen LogP contribution is 2.13. The van der Waals surface area contributed by atoms with E-state index in [0.717, 1.165) is 29.6 Å². The van der Waals surface area contributed by atoms with Crippen LogP contribution in [0.1, 0.15) is 19.3 Å². The molecule has 0 saturated carbocycles. The third-order valence-electron chi connectivity index (χ3n) is 3.23. The molecule has 1 aliphatic rings. The first-order valence-corrected chi connectivity index (χ1v) is 7.10. The third-order valence-corrected chi connectivity index (χ3v) is 3.70. The molecule has 5 nitrogen and oxygen atoms in total. The average molecular weight is 310 g/mol. The van der Waals surface area contributed by atoms with E-state index >= 15 is 0 Å². The zero-order valence-electron chi connectivity index (χ0n) is 10.1. The Bertz CT molecular complexity index is 532. The Morgan fingerprint density at radius 3 is 3.28 bits per heavy atom. The fourth-order valence-corrected chi connectivity index (χ4v) is 2.62. The van der Waals surface area contributed by atoms with Crippen molar-refractivity contribution in [2.75, 3.05) is 18.4 Å². The first-order valence-electron chi connectivity index (χ1n) is 6.30. The van der Waals surface area contributed by atoms with Crippen LogP contribution < -0.4 is 10.6 Å². The lowest BCUT2D eigenvalue weighted by Gasteiger charge is -2.09. The summed E-state index contributed by atoms with van der Waals surface area (Å²) in [6.45, 7) is 2.07. The van der Waals surface area contributed by atoms with Gasteiger partial charge in [0.05, 0.1) is 0 Å². The van der Waals surface area contributed by atoms with E-state index in [1.54, 1.807) is 4.52 Å². The molecule has 3 heterocycles. The molecule has 0 aromatic carbocycles. The van der Waals surface area contributed by atoms with E-state index in [-0.39, 0.29) is 0 Å². The Hall–Kier alpha value is -1.14. The van der Waals surface area contributed by atoms with Crippen molar-refractivity contribution in [1.82, 2.24) is 19.9 Å². The van der Waals surface area contributed by atoms with Crippen LogP contribution >= 0.6 is 15.9 Å². The maximum Gasteiger partial charge on any atom is 0.243 e. The van der Waals surface area contributed by atoms with Crippen molar-refractivity contribution in [2.24, 2.45) is 0 Å². The predicted molar refractivity (Wildman–Crippen MR) is 74.8 cm³/mol. The van der Waals surface area contributed by atoms with Crippen LogP contribution in [0.15, 0.2) is 22.8 Å². The zero-order chi connectivity index (χ0) is 12.4. The van der Waals surface area contributed by atoms with Gasteiger partial charge in [0.15, 0.2) is 5.65 Å². The average Bonchev–Trinajstić information content (AvgIpc) is 2.97. The van der Waals surface area contributed by atoms with Gasteiger partial charge in [-0.15, -0.1) is 5.10 Å². The Labute approximate surface area is 114 Å². The topological polar surface area (TPSA) is 54.2 Å². The minimum absolute atomic E-state index is 0.656.